The van der Waals surface area contributed by atoms with Crippen molar-refractivity contribution in [3.05, 3.63) is 0 Å². The maximum Gasteiger partial charge on any atom is 0.134 e. The Balaban J connectivity index is 2.97. The molecule has 0 heterocycles. The highest BCUT2D eigenvalue weighted by Gasteiger charge is 1.92. The highest BCUT2D eigenvalue weighted by atomic mass is 16.5. The molecule has 0 aliphatic rings. The lowest BCUT2D eigenvalue weighted by Crippen LogP contribution is -2.38. The Bertz CT molecular complexity index is 114. The predicted molar refractivity (Wildman–Crippen MR) is 39.1 cm³/mol. The van der Waals surface area contributed by atoms with E-state index in [0.29, 0.717) is 25.7 Å². The molecule has 11 heavy (non-hydrogen) atoms. The number of ether oxygens (including phenoxy) is 1. The van der Waals surface area contributed by atoms with Gasteiger partial charge in [-0.2, -0.15) is 0 Å². The van der Waals surface area contributed by atoms with Crippen LogP contribution in [0.2, 0.25) is 0 Å². The molecule has 0 aromatic carbocycles. The van der Waals surface area contributed by atoms with Gasteiger partial charge in [0.2, 0.25) is 0 Å². The average Bonchev–Trinajstić information content (AvgIpc) is 1.85. The molecule has 0 aromatic rings. The highest BCUT2D eigenvalue weighted by molar-refractivity contribution is 5.61. The summed E-state index contributed by atoms with van der Waals surface area (Å²) in [4.78, 5) is 9.82. The van der Waals surface area contributed by atoms with Gasteiger partial charge in [-0.1, -0.05) is 13.8 Å². The summed E-state index contributed by atoms with van der Waals surface area (Å²) in [5, 5.41) is 11.9. The number of carbonyl (C=O) groups is 1. The van der Waals surface area contributed by atoms with Gasteiger partial charge in [0.15, 0.2) is 0 Å². The van der Waals surface area contributed by atoms with Crippen LogP contribution in [-0.4, -0.2) is 25.9 Å². The van der Waals surface area contributed by atoms with Crippen molar-refractivity contribution >= 4 is 6.09 Å². The van der Waals surface area contributed by atoms with Crippen molar-refractivity contribution in [2.24, 2.45) is 5.92 Å². The molecule has 0 unspecified atom stereocenters. The third-order valence-electron chi connectivity index (χ3n) is 0.967. The van der Waals surface area contributed by atoms with Crippen LogP contribution >= 0.6 is 0 Å². The summed E-state index contributed by atoms with van der Waals surface area (Å²) in [6.07, 6.45) is -1.25. The van der Waals surface area contributed by atoms with Gasteiger partial charge in [-0.05, 0) is 5.92 Å². The second kappa shape index (κ2) is 5.97. The molecule has 0 aliphatic heterocycles. The average molecular weight is 160 g/mol. The fraction of sp³-hybridized carbons (Fsp3) is 0.857. The summed E-state index contributed by atoms with van der Waals surface area (Å²) in [6.45, 7) is 5.44. The van der Waals surface area contributed by atoms with Crippen LogP contribution in [0.3, 0.4) is 0 Å². The third kappa shape index (κ3) is 9.23. The van der Waals surface area contributed by atoms with Crippen LogP contribution in [-0.2, 0) is 4.74 Å². The lowest BCUT2D eigenvalue weighted by Gasteiger charge is -2.08. The molecule has 4 heteroatoms. The van der Waals surface area contributed by atoms with Gasteiger partial charge in [-0.3, -0.25) is 0 Å². The third-order valence-corrected chi connectivity index (χ3v) is 0.967. The summed E-state index contributed by atoms with van der Waals surface area (Å²) in [6, 6.07) is 0. The van der Waals surface area contributed by atoms with Crippen LogP contribution in [0.4, 0.5) is 4.79 Å². The zero-order chi connectivity index (χ0) is 8.69. The second-order valence-corrected chi connectivity index (χ2v) is 2.68. The normalized spacial score (nSPS) is 10.1. The van der Waals surface area contributed by atoms with Gasteiger partial charge >= 0.3 is 0 Å². The van der Waals surface area contributed by atoms with Crippen LogP contribution in [0.15, 0.2) is 0 Å². The summed E-state index contributed by atoms with van der Waals surface area (Å²) < 4.78 is 5.09. The molecule has 66 valence electrons. The van der Waals surface area contributed by atoms with E-state index in [1.807, 2.05) is 13.8 Å². The van der Waals surface area contributed by atoms with Gasteiger partial charge in [-0.25, -0.2) is 0 Å². The van der Waals surface area contributed by atoms with E-state index in [1.54, 1.807) is 0 Å². The van der Waals surface area contributed by atoms with Crippen molar-refractivity contribution < 1.29 is 14.6 Å². The zero-order valence-corrected chi connectivity index (χ0v) is 6.92. The second-order valence-electron chi connectivity index (χ2n) is 2.68. The van der Waals surface area contributed by atoms with Crippen LogP contribution < -0.4 is 10.4 Å². The van der Waals surface area contributed by atoms with Crippen LogP contribution in [0.5, 0.6) is 0 Å². The molecular formula is C7H14NO3-. The molecule has 0 aromatic heterocycles. The minimum atomic E-state index is -1.25. The van der Waals surface area contributed by atoms with Crippen LogP contribution in [0.1, 0.15) is 13.8 Å². The van der Waals surface area contributed by atoms with Crippen molar-refractivity contribution in [1.29, 1.82) is 0 Å². The summed E-state index contributed by atoms with van der Waals surface area (Å²) in [5.74, 6) is 0.484. The summed E-state index contributed by atoms with van der Waals surface area (Å²) >= 11 is 0. The van der Waals surface area contributed by atoms with Gasteiger partial charge in [0.1, 0.15) is 6.09 Å². The molecule has 0 atom stereocenters. The van der Waals surface area contributed by atoms with E-state index in [4.69, 9.17) is 4.74 Å². The summed E-state index contributed by atoms with van der Waals surface area (Å²) in [7, 11) is 0. The van der Waals surface area contributed by atoms with Gasteiger partial charge in [-0.15, -0.1) is 0 Å². The highest BCUT2D eigenvalue weighted by Crippen LogP contribution is 1.90. The molecular weight excluding hydrogens is 146 g/mol. The van der Waals surface area contributed by atoms with E-state index in [0.717, 1.165) is 0 Å². The molecule has 1 N–H and O–H groups in total. The van der Waals surface area contributed by atoms with Crippen molar-refractivity contribution in [3.63, 3.8) is 0 Å². The molecule has 0 saturated carbocycles. The Morgan fingerprint density at radius 3 is 2.73 bits per heavy atom. The first-order chi connectivity index (χ1) is 5.13. The fourth-order valence-electron chi connectivity index (χ4n) is 0.544. The Hall–Kier alpha value is -0.770. The SMILES string of the molecule is CC(C)COCCNC(=O)[O-]. The standard InChI is InChI=1S/C7H15NO3/c1-6(2)5-11-4-3-8-7(9)10/h6,8H,3-5H2,1-2H3,(H,9,10)/p-1. The van der Waals surface area contributed by atoms with Crippen LogP contribution in [0.25, 0.3) is 0 Å². The minimum Gasteiger partial charge on any atom is -0.530 e. The van der Waals surface area contributed by atoms with Crippen molar-refractivity contribution in [2.45, 2.75) is 13.8 Å². The lowest BCUT2D eigenvalue weighted by atomic mass is 10.2. The maximum absolute atomic E-state index is 9.82. The Kier molecular flexibility index (Phi) is 5.56. The van der Waals surface area contributed by atoms with E-state index in [1.165, 1.54) is 0 Å². The Labute approximate surface area is 66.5 Å². The zero-order valence-electron chi connectivity index (χ0n) is 6.92. The molecule has 0 bridgehead atoms. The van der Waals surface area contributed by atoms with Gasteiger partial charge in [0, 0.05) is 13.2 Å². The number of amides is 1. The number of carbonyl (C=O) groups excluding carboxylic acids is 1. The topological polar surface area (TPSA) is 61.4 Å². The molecule has 0 aliphatic carbocycles. The van der Waals surface area contributed by atoms with Crippen molar-refractivity contribution in [1.82, 2.24) is 5.32 Å². The number of carboxylic acid groups (broad SMARTS) is 1. The van der Waals surface area contributed by atoms with Gasteiger partial charge < -0.3 is 20.0 Å². The van der Waals surface area contributed by atoms with Gasteiger partial charge in [0.05, 0.1) is 6.61 Å². The van der Waals surface area contributed by atoms with E-state index >= 15 is 0 Å². The largest absolute Gasteiger partial charge is 0.530 e. The Morgan fingerprint density at radius 1 is 1.64 bits per heavy atom. The molecule has 0 spiro atoms. The number of hydrogen-bond donors (Lipinski definition) is 1. The molecule has 0 saturated heterocycles. The number of hydrogen-bond acceptors (Lipinski definition) is 3. The first-order valence-corrected chi connectivity index (χ1v) is 3.65. The van der Waals surface area contributed by atoms with Crippen molar-refractivity contribution in [3.8, 4) is 0 Å². The molecule has 1 amide bonds. The smallest absolute Gasteiger partial charge is 0.134 e. The fourth-order valence-corrected chi connectivity index (χ4v) is 0.544. The first-order valence-electron chi connectivity index (χ1n) is 3.65. The molecule has 0 radical (unpaired) electrons. The molecule has 4 nitrogen and oxygen atoms in total. The quantitative estimate of drug-likeness (QED) is 0.556. The molecule has 0 rings (SSSR count). The minimum absolute atomic E-state index is 0.301. The predicted octanol–water partition coefficient (Wildman–Crippen LogP) is -0.408. The van der Waals surface area contributed by atoms with E-state index < -0.39 is 6.09 Å². The number of rotatable bonds is 5. The van der Waals surface area contributed by atoms with Crippen molar-refractivity contribution in [2.75, 3.05) is 19.8 Å². The lowest BCUT2D eigenvalue weighted by molar-refractivity contribution is -0.250. The summed E-state index contributed by atoms with van der Waals surface area (Å²) in [5.41, 5.74) is 0. The van der Waals surface area contributed by atoms with Crippen LogP contribution in [0, 0.1) is 5.92 Å². The maximum atomic E-state index is 9.82. The number of nitrogens with one attached hydrogen (secondary N) is 1. The van der Waals surface area contributed by atoms with E-state index in [9.17, 15) is 9.90 Å². The monoisotopic (exact) mass is 160 g/mol. The van der Waals surface area contributed by atoms with E-state index in [-0.39, 0.29) is 0 Å². The first kappa shape index (κ1) is 10.2. The van der Waals surface area contributed by atoms with E-state index in [2.05, 4.69) is 5.32 Å². The van der Waals surface area contributed by atoms with Gasteiger partial charge in [0.25, 0.3) is 0 Å². The Morgan fingerprint density at radius 2 is 2.27 bits per heavy atom. The molecule has 0 fully saturated rings.